The van der Waals surface area contributed by atoms with Crippen LogP contribution in [0.3, 0.4) is 0 Å². The number of pyridine rings is 1. The second kappa shape index (κ2) is 8.86. The van der Waals surface area contributed by atoms with E-state index in [-0.39, 0.29) is 12.1 Å². The lowest BCUT2D eigenvalue weighted by molar-refractivity contribution is 0.160. The van der Waals surface area contributed by atoms with Gasteiger partial charge in [0.15, 0.2) is 0 Å². The zero-order valence-electron chi connectivity index (χ0n) is 16.5. The Morgan fingerprint density at radius 1 is 1.24 bits per heavy atom. The first-order valence-electron chi connectivity index (χ1n) is 10.0. The van der Waals surface area contributed by atoms with E-state index in [0.717, 1.165) is 17.7 Å². The summed E-state index contributed by atoms with van der Waals surface area (Å²) in [5, 5.41) is 7.02. The third-order valence-electron chi connectivity index (χ3n) is 5.28. The van der Waals surface area contributed by atoms with Crippen molar-refractivity contribution in [2.45, 2.75) is 38.8 Å². The van der Waals surface area contributed by atoms with Crippen LogP contribution in [0, 0.1) is 5.92 Å². The van der Waals surface area contributed by atoms with Crippen molar-refractivity contribution in [3.8, 4) is 11.4 Å². The molecule has 2 heterocycles. The summed E-state index contributed by atoms with van der Waals surface area (Å²) in [4.78, 5) is 23.4. The van der Waals surface area contributed by atoms with Crippen LogP contribution < -0.4 is 5.32 Å². The number of carbonyl (C=O) groups is 1. The molecule has 0 unspecified atom stereocenters. The third-order valence-corrected chi connectivity index (χ3v) is 5.28. The molecule has 2 amide bonds. The number of amides is 2. The summed E-state index contributed by atoms with van der Waals surface area (Å²) >= 11 is 0. The van der Waals surface area contributed by atoms with Gasteiger partial charge >= 0.3 is 6.03 Å². The molecule has 1 fully saturated rings. The highest BCUT2D eigenvalue weighted by atomic mass is 16.5. The monoisotopic (exact) mass is 391 g/mol. The Labute approximate surface area is 170 Å². The standard InChI is InChI=1S/C22H25N5O2/c1-16(21-25-20(26-29-21)19-11-6-12-23-13-19)24-22(28)27(15-18-9-5-10-18)14-17-7-3-2-4-8-17/h2-4,6-8,11-13,16,18H,5,9-10,14-15H2,1H3,(H,24,28)/t16-/m1/s1. The average molecular weight is 391 g/mol. The minimum atomic E-state index is -0.389. The van der Waals surface area contributed by atoms with Crippen molar-refractivity contribution in [3.05, 3.63) is 66.3 Å². The predicted molar refractivity (Wildman–Crippen MR) is 109 cm³/mol. The van der Waals surface area contributed by atoms with Gasteiger partial charge in [0.1, 0.15) is 6.04 Å². The van der Waals surface area contributed by atoms with Gasteiger partial charge in [0.2, 0.25) is 11.7 Å². The molecule has 1 saturated carbocycles. The van der Waals surface area contributed by atoms with Crippen LogP contribution in [0.5, 0.6) is 0 Å². The van der Waals surface area contributed by atoms with Gasteiger partial charge in [-0.3, -0.25) is 4.98 Å². The normalized spacial score (nSPS) is 14.8. The Morgan fingerprint density at radius 2 is 2.07 bits per heavy atom. The van der Waals surface area contributed by atoms with E-state index in [9.17, 15) is 4.79 Å². The molecular weight excluding hydrogens is 366 g/mol. The number of nitrogens with zero attached hydrogens (tertiary/aromatic N) is 4. The van der Waals surface area contributed by atoms with Crippen molar-refractivity contribution < 1.29 is 9.32 Å². The van der Waals surface area contributed by atoms with E-state index in [2.05, 4.69) is 20.4 Å². The Bertz CT molecular complexity index is 925. The maximum absolute atomic E-state index is 13.0. The molecule has 4 rings (SSSR count). The Kier molecular flexibility index (Phi) is 5.84. The predicted octanol–water partition coefficient (Wildman–Crippen LogP) is 4.20. The molecule has 29 heavy (non-hydrogen) atoms. The van der Waals surface area contributed by atoms with Crippen molar-refractivity contribution in [1.29, 1.82) is 0 Å². The summed E-state index contributed by atoms with van der Waals surface area (Å²) in [6, 6.07) is 13.2. The number of hydrogen-bond acceptors (Lipinski definition) is 5. The van der Waals surface area contributed by atoms with Crippen LogP contribution in [0.25, 0.3) is 11.4 Å². The highest BCUT2D eigenvalue weighted by molar-refractivity contribution is 5.74. The summed E-state index contributed by atoms with van der Waals surface area (Å²) in [6.07, 6.45) is 6.99. The van der Waals surface area contributed by atoms with Crippen LogP contribution in [-0.2, 0) is 6.54 Å². The zero-order chi connectivity index (χ0) is 20.1. The summed E-state index contributed by atoms with van der Waals surface area (Å²) in [5.74, 6) is 1.42. The third kappa shape index (κ3) is 4.80. The second-order valence-corrected chi connectivity index (χ2v) is 7.53. The fraction of sp³-hybridized carbons (Fsp3) is 0.364. The Hall–Kier alpha value is -3.22. The molecule has 0 bridgehead atoms. The largest absolute Gasteiger partial charge is 0.337 e. The van der Waals surface area contributed by atoms with Gasteiger partial charge in [-0.15, -0.1) is 0 Å². The molecule has 7 heteroatoms. The molecule has 2 aromatic heterocycles. The Balaban J connectivity index is 1.42. The van der Waals surface area contributed by atoms with Crippen LogP contribution in [0.2, 0.25) is 0 Å². The molecule has 1 aliphatic rings. The minimum absolute atomic E-state index is 0.116. The number of hydrogen-bond donors (Lipinski definition) is 1. The molecule has 0 aliphatic heterocycles. The van der Waals surface area contributed by atoms with E-state index >= 15 is 0 Å². The maximum Gasteiger partial charge on any atom is 0.318 e. The zero-order valence-corrected chi connectivity index (χ0v) is 16.5. The van der Waals surface area contributed by atoms with Gasteiger partial charge < -0.3 is 14.7 Å². The van der Waals surface area contributed by atoms with E-state index in [4.69, 9.17) is 4.52 Å². The number of rotatable bonds is 7. The first-order chi connectivity index (χ1) is 14.2. The number of benzene rings is 1. The molecule has 1 aliphatic carbocycles. The van der Waals surface area contributed by atoms with E-state index in [1.807, 2.05) is 54.3 Å². The lowest BCUT2D eigenvalue weighted by Gasteiger charge is -2.33. The summed E-state index contributed by atoms with van der Waals surface area (Å²) in [5.41, 5.74) is 1.89. The molecule has 1 N–H and O–H groups in total. The summed E-state index contributed by atoms with van der Waals surface area (Å²) < 4.78 is 5.37. The summed E-state index contributed by atoms with van der Waals surface area (Å²) in [6.45, 7) is 3.20. The number of carbonyl (C=O) groups excluding carboxylic acids is 1. The first kappa shape index (κ1) is 19.1. The SMILES string of the molecule is C[C@@H](NC(=O)N(Cc1ccccc1)CC1CCC1)c1nc(-c2cccnc2)no1. The average Bonchev–Trinajstić information content (AvgIpc) is 3.21. The maximum atomic E-state index is 13.0. The lowest BCUT2D eigenvalue weighted by Crippen LogP contribution is -2.44. The van der Waals surface area contributed by atoms with Crippen molar-refractivity contribution in [3.63, 3.8) is 0 Å². The van der Waals surface area contributed by atoms with Crippen LogP contribution in [-0.4, -0.2) is 32.6 Å². The van der Waals surface area contributed by atoms with Crippen molar-refractivity contribution >= 4 is 6.03 Å². The van der Waals surface area contributed by atoms with Gasteiger partial charge in [-0.2, -0.15) is 4.98 Å². The number of urea groups is 1. The van der Waals surface area contributed by atoms with Crippen LogP contribution >= 0.6 is 0 Å². The molecule has 1 aromatic carbocycles. The Morgan fingerprint density at radius 3 is 2.76 bits per heavy atom. The topological polar surface area (TPSA) is 84.2 Å². The van der Waals surface area contributed by atoms with Gasteiger partial charge in [0.25, 0.3) is 0 Å². The van der Waals surface area contributed by atoms with E-state index in [1.54, 1.807) is 12.4 Å². The van der Waals surface area contributed by atoms with Gasteiger partial charge in [-0.25, -0.2) is 4.79 Å². The van der Waals surface area contributed by atoms with Gasteiger partial charge in [-0.05, 0) is 43.4 Å². The molecule has 0 saturated heterocycles. The van der Waals surface area contributed by atoms with Crippen molar-refractivity contribution in [2.75, 3.05) is 6.54 Å². The number of nitrogens with one attached hydrogen (secondary N) is 1. The van der Waals surface area contributed by atoms with E-state index in [0.29, 0.717) is 24.2 Å². The van der Waals surface area contributed by atoms with Crippen molar-refractivity contribution in [2.24, 2.45) is 5.92 Å². The quantitative estimate of drug-likeness (QED) is 0.652. The second-order valence-electron chi connectivity index (χ2n) is 7.53. The van der Waals surface area contributed by atoms with Crippen LogP contribution in [0.1, 0.15) is 43.7 Å². The molecule has 1 atom stereocenters. The van der Waals surface area contributed by atoms with Crippen LogP contribution in [0.4, 0.5) is 4.79 Å². The summed E-state index contributed by atoms with van der Waals surface area (Å²) in [7, 11) is 0. The number of aromatic nitrogens is 3. The molecule has 3 aromatic rings. The minimum Gasteiger partial charge on any atom is -0.337 e. The van der Waals surface area contributed by atoms with E-state index in [1.165, 1.54) is 19.3 Å². The molecule has 0 spiro atoms. The van der Waals surface area contributed by atoms with Gasteiger partial charge in [-0.1, -0.05) is 41.9 Å². The lowest BCUT2D eigenvalue weighted by atomic mass is 9.85. The first-order valence-corrected chi connectivity index (χ1v) is 10.0. The van der Waals surface area contributed by atoms with Crippen LogP contribution in [0.15, 0.2) is 59.4 Å². The molecular formula is C22H25N5O2. The molecule has 7 nitrogen and oxygen atoms in total. The van der Waals surface area contributed by atoms with Crippen molar-refractivity contribution in [1.82, 2.24) is 25.3 Å². The van der Waals surface area contributed by atoms with Gasteiger partial charge in [0.05, 0.1) is 0 Å². The van der Waals surface area contributed by atoms with E-state index < -0.39 is 0 Å². The smallest absolute Gasteiger partial charge is 0.318 e. The fourth-order valence-corrected chi connectivity index (χ4v) is 3.37. The highest BCUT2D eigenvalue weighted by Crippen LogP contribution is 2.28. The fourth-order valence-electron chi connectivity index (χ4n) is 3.37. The van der Waals surface area contributed by atoms with Gasteiger partial charge in [0, 0.05) is 31.0 Å². The molecule has 0 radical (unpaired) electrons. The molecule has 150 valence electrons. The highest BCUT2D eigenvalue weighted by Gasteiger charge is 2.26.